The Labute approximate surface area is 134 Å². The molecule has 1 aliphatic rings. The van der Waals surface area contributed by atoms with E-state index in [1.54, 1.807) is 6.26 Å². The van der Waals surface area contributed by atoms with Gasteiger partial charge in [-0.2, -0.15) is 0 Å². The van der Waals surface area contributed by atoms with Gasteiger partial charge in [-0.05, 0) is 55.8 Å². The van der Waals surface area contributed by atoms with Crippen molar-refractivity contribution in [1.82, 2.24) is 10.2 Å². The average Bonchev–Trinajstić information content (AvgIpc) is 3.19. The zero-order chi connectivity index (χ0) is 14.5. The quantitative estimate of drug-likeness (QED) is 0.856. The van der Waals surface area contributed by atoms with Crippen LogP contribution < -0.4 is 5.32 Å². The van der Waals surface area contributed by atoms with Crippen molar-refractivity contribution in [1.29, 1.82) is 0 Å². The van der Waals surface area contributed by atoms with Crippen LogP contribution in [0.3, 0.4) is 0 Å². The van der Waals surface area contributed by atoms with E-state index in [9.17, 15) is 0 Å². The number of likely N-dealkylation sites (tertiary alicyclic amines) is 1. The molecule has 2 heterocycles. The van der Waals surface area contributed by atoms with Crippen LogP contribution >= 0.6 is 15.9 Å². The Balaban J connectivity index is 1.58. The van der Waals surface area contributed by atoms with Crippen molar-refractivity contribution in [3.63, 3.8) is 0 Å². The fourth-order valence-corrected chi connectivity index (χ4v) is 3.16. The second-order valence-electron chi connectivity index (χ2n) is 5.53. The molecule has 3 nitrogen and oxygen atoms in total. The Morgan fingerprint density at radius 1 is 1.14 bits per heavy atom. The summed E-state index contributed by atoms with van der Waals surface area (Å²) in [5, 5.41) is 3.57. The zero-order valence-electron chi connectivity index (χ0n) is 12.1. The summed E-state index contributed by atoms with van der Waals surface area (Å²) in [4.78, 5) is 2.52. The number of halogens is 1. The van der Waals surface area contributed by atoms with Crippen molar-refractivity contribution < 1.29 is 4.42 Å². The van der Waals surface area contributed by atoms with Crippen LogP contribution in [0.5, 0.6) is 0 Å². The number of rotatable bonds is 6. The molecular formula is C17H21BrN2O. The largest absolute Gasteiger partial charge is 0.468 e. The van der Waals surface area contributed by atoms with E-state index in [1.165, 1.54) is 31.5 Å². The molecule has 0 amide bonds. The molecule has 1 N–H and O–H groups in total. The van der Waals surface area contributed by atoms with Crippen molar-refractivity contribution in [2.75, 3.05) is 19.6 Å². The Kier molecular flexibility index (Phi) is 5.12. The first-order valence-corrected chi connectivity index (χ1v) is 8.35. The number of nitrogens with one attached hydrogen (secondary N) is 1. The molecule has 0 saturated carbocycles. The van der Waals surface area contributed by atoms with Crippen LogP contribution in [-0.2, 0) is 6.54 Å². The van der Waals surface area contributed by atoms with Gasteiger partial charge >= 0.3 is 0 Å². The predicted molar refractivity (Wildman–Crippen MR) is 88.1 cm³/mol. The fraction of sp³-hybridized carbons (Fsp3) is 0.412. The molecule has 1 aromatic carbocycles. The van der Waals surface area contributed by atoms with Gasteiger partial charge in [-0.3, -0.25) is 4.90 Å². The van der Waals surface area contributed by atoms with E-state index in [0.29, 0.717) is 6.04 Å². The standard InChI is InChI=1S/C17H21BrN2O/c18-15-7-5-14(6-8-15)12-19-13-16(17-4-3-11-21-17)20-9-1-2-10-20/h3-8,11,16,19H,1-2,9-10,12-13H2. The molecule has 112 valence electrons. The van der Waals surface area contributed by atoms with Crippen LogP contribution in [-0.4, -0.2) is 24.5 Å². The lowest BCUT2D eigenvalue weighted by atomic mass is 10.1. The number of hydrogen-bond acceptors (Lipinski definition) is 3. The van der Waals surface area contributed by atoms with Crippen LogP contribution in [0.25, 0.3) is 0 Å². The summed E-state index contributed by atoms with van der Waals surface area (Å²) in [7, 11) is 0. The fourth-order valence-electron chi connectivity index (χ4n) is 2.90. The lowest BCUT2D eigenvalue weighted by Crippen LogP contribution is -2.33. The third-order valence-electron chi connectivity index (χ3n) is 4.03. The first-order chi connectivity index (χ1) is 10.3. The van der Waals surface area contributed by atoms with E-state index < -0.39 is 0 Å². The highest BCUT2D eigenvalue weighted by molar-refractivity contribution is 9.10. The van der Waals surface area contributed by atoms with Gasteiger partial charge < -0.3 is 9.73 Å². The second-order valence-corrected chi connectivity index (χ2v) is 6.45. The summed E-state index contributed by atoms with van der Waals surface area (Å²) < 4.78 is 6.76. The number of benzene rings is 1. The van der Waals surface area contributed by atoms with Gasteiger partial charge in [0.15, 0.2) is 0 Å². The van der Waals surface area contributed by atoms with Gasteiger partial charge in [0.05, 0.1) is 12.3 Å². The maximum absolute atomic E-state index is 5.64. The minimum Gasteiger partial charge on any atom is -0.468 e. The van der Waals surface area contributed by atoms with Gasteiger partial charge in [0, 0.05) is 17.6 Å². The summed E-state index contributed by atoms with van der Waals surface area (Å²) >= 11 is 3.47. The summed E-state index contributed by atoms with van der Waals surface area (Å²) in [6.07, 6.45) is 4.36. The molecule has 0 bridgehead atoms. The molecule has 3 rings (SSSR count). The highest BCUT2D eigenvalue weighted by Gasteiger charge is 2.24. The third kappa shape index (κ3) is 3.96. The maximum atomic E-state index is 5.64. The van der Waals surface area contributed by atoms with E-state index >= 15 is 0 Å². The van der Waals surface area contributed by atoms with Crippen LogP contribution in [0.15, 0.2) is 51.6 Å². The monoisotopic (exact) mass is 348 g/mol. The van der Waals surface area contributed by atoms with Gasteiger partial charge in [-0.15, -0.1) is 0 Å². The molecule has 0 aliphatic carbocycles. The average molecular weight is 349 g/mol. The predicted octanol–water partition coefficient (Wildman–Crippen LogP) is 3.97. The lowest BCUT2D eigenvalue weighted by Gasteiger charge is -2.26. The molecular weight excluding hydrogens is 328 g/mol. The SMILES string of the molecule is Brc1ccc(CNCC(c2ccco2)N2CCCC2)cc1. The Morgan fingerprint density at radius 3 is 2.57 bits per heavy atom. The third-order valence-corrected chi connectivity index (χ3v) is 4.56. The van der Waals surface area contributed by atoms with Gasteiger partial charge in [-0.25, -0.2) is 0 Å². The van der Waals surface area contributed by atoms with Crippen molar-refractivity contribution in [2.45, 2.75) is 25.4 Å². The number of hydrogen-bond donors (Lipinski definition) is 1. The minimum absolute atomic E-state index is 0.345. The van der Waals surface area contributed by atoms with E-state index in [4.69, 9.17) is 4.42 Å². The Bertz CT molecular complexity index is 532. The molecule has 1 atom stereocenters. The first-order valence-electron chi connectivity index (χ1n) is 7.55. The molecule has 1 unspecified atom stereocenters. The summed E-state index contributed by atoms with van der Waals surface area (Å²) in [6.45, 7) is 4.15. The molecule has 0 spiro atoms. The topological polar surface area (TPSA) is 28.4 Å². The molecule has 1 aliphatic heterocycles. The van der Waals surface area contributed by atoms with Crippen LogP contribution in [0.1, 0.15) is 30.2 Å². The minimum atomic E-state index is 0.345. The number of nitrogens with zero attached hydrogens (tertiary/aromatic N) is 1. The molecule has 1 aromatic heterocycles. The van der Waals surface area contributed by atoms with Gasteiger partial charge in [-0.1, -0.05) is 28.1 Å². The first kappa shape index (κ1) is 14.8. The zero-order valence-corrected chi connectivity index (χ0v) is 13.7. The Hall–Kier alpha value is -1.10. The van der Waals surface area contributed by atoms with Gasteiger partial charge in [0.25, 0.3) is 0 Å². The normalized spacial score (nSPS) is 17.2. The van der Waals surface area contributed by atoms with Crippen LogP contribution in [0.4, 0.5) is 0 Å². The van der Waals surface area contributed by atoms with Crippen molar-refractivity contribution in [2.24, 2.45) is 0 Å². The van der Waals surface area contributed by atoms with E-state index in [0.717, 1.165) is 23.3 Å². The molecule has 1 saturated heterocycles. The van der Waals surface area contributed by atoms with Crippen LogP contribution in [0.2, 0.25) is 0 Å². The maximum Gasteiger partial charge on any atom is 0.122 e. The second kappa shape index (κ2) is 7.25. The lowest BCUT2D eigenvalue weighted by molar-refractivity contribution is 0.209. The van der Waals surface area contributed by atoms with E-state index in [2.05, 4.69) is 56.5 Å². The van der Waals surface area contributed by atoms with E-state index in [-0.39, 0.29) is 0 Å². The molecule has 1 fully saturated rings. The number of furan rings is 1. The summed E-state index contributed by atoms with van der Waals surface area (Å²) in [5.41, 5.74) is 1.30. The van der Waals surface area contributed by atoms with E-state index in [1.807, 2.05) is 6.07 Å². The van der Waals surface area contributed by atoms with Gasteiger partial charge in [0.1, 0.15) is 5.76 Å². The summed E-state index contributed by atoms with van der Waals surface area (Å²) in [5.74, 6) is 1.07. The molecule has 0 radical (unpaired) electrons. The molecule has 4 heteroatoms. The van der Waals surface area contributed by atoms with Crippen molar-refractivity contribution in [3.8, 4) is 0 Å². The van der Waals surface area contributed by atoms with Crippen molar-refractivity contribution in [3.05, 3.63) is 58.5 Å². The smallest absolute Gasteiger partial charge is 0.122 e. The Morgan fingerprint density at radius 2 is 1.90 bits per heavy atom. The highest BCUT2D eigenvalue weighted by Crippen LogP contribution is 2.25. The van der Waals surface area contributed by atoms with Crippen LogP contribution in [0, 0.1) is 0 Å². The van der Waals surface area contributed by atoms with Gasteiger partial charge in [0.2, 0.25) is 0 Å². The molecule has 21 heavy (non-hydrogen) atoms. The highest BCUT2D eigenvalue weighted by atomic mass is 79.9. The van der Waals surface area contributed by atoms with Crippen molar-refractivity contribution >= 4 is 15.9 Å². The molecule has 2 aromatic rings. The summed E-state index contributed by atoms with van der Waals surface area (Å²) in [6, 6.07) is 12.9.